The normalized spacial score (nSPS) is 12.1. The lowest BCUT2D eigenvalue weighted by molar-refractivity contribution is 0.401. The number of fused-ring (bicyclic) bond motifs is 3. The SMILES string of the molecule is COc1cc(/C=C/c2nc3ccccc3[nH]2)c(OC)cc1/C=C/c1nc(/C=C/c2cc(OC)c(/C=C/c3nc4ccccc4[nH]3)cc2OC)nc(/C=C/c2cc(OC)c(/C=C/c3nc4ccccc4[nH]3)cc2OC)n1. The summed E-state index contributed by atoms with van der Waals surface area (Å²) in [5, 5.41) is 0. The van der Waals surface area contributed by atoms with Gasteiger partial charge in [0.1, 0.15) is 52.0 Å². The summed E-state index contributed by atoms with van der Waals surface area (Å²) in [4.78, 5) is 38.6. The van der Waals surface area contributed by atoms with Crippen LogP contribution < -0.4 is 28.4 Å². The second-order valence-corrected chi connectivity index (χ2v) is 16.8. The van der Waals surface area contributed by atoms with E-state index in [1.807, 2.05) is 164 Å². The smallest absolute Gasteiger partial charge is 0.156 e. The van der Waals surface area contributed by atoms with E-state index in [1.54, 1.807) is 60.9 Å². The number of methoxy groups -OCH3 is 6. The number of ether oxygens (including phenoxy) is 6. The Bertz CT molecular complexity index is 3390. The quantitative estimate of drug-likeness (QED) is 0.0741. The van der Waals surface area contributed by atoms with Crippen LogP contribution in [0.2, 0.25) is 0 Å². The van der Waals surface area contributed by atoms with Gasteiger partial charge in [0.2, 0.25) is 0 Å². The van der Waals surface area contributed by atoms with E-state index >= 15 is 0 Å². The number of rotatable bonds is 18. The number of hydrogen-bond donors (Lipinski definition) is 3. The minimum absolute atomic E-state index is 0.380. The molecule has 0 atom stereocenters. The monoisotopic (exact) mass is 993 g/mol. The van der Waals surface area contributed by atoms with Crippen molar-refractivity contribution in [3.8, 4) is 34.5 Å². The number of benzene rings is 6. The van der Waals surface area contributed by atoms with Gasteiger partial charge in [0.25, 0.3) is 0 Å². The highest BCUT2D eigenvalue weighted by atomic mass is 16.5. The van der Waals surface area contributed by atoms with Crippen LogP contribution in [0.25, 0.3) is 106 Å². The highest BCUT2D eigenvalue weighted by Crippen LogP contribution is 2.35. The molecule has 6 aromatic carbocycles. The Morgan fingerprint density at radius 1 is 0.280 bits per heavy atom. The lowest BCUT2D eigenvalue weighted by Crippen LogP contribution is -2.00. The van der Waals surface area contributed by atoms with E-state index in [1.165, 1.54) is 0 Å². The van der Waals surface area contributed by atoms with Crippen LogP contribution in [0.15, 0.2) is 109 Å². The zero-order valence-electron chi connectivity index (χ0n) is 42.0. The fourth-order valence-corrected chi connectivity index (χ4v) is 8.42. The molecular weight excluding hydrogens is 943 g/mol. The maximum atomic E-state index is 5.89. The van der Waals surface area contributed by atoms with Gasteiger partial charge in [0.15, 0.2) is 17.5 Å². The number of aromatic nitrogens is 9. The van der Waals surface area contributed by atoms with Gasteiger partial charge in [0.05, 0.1) is 75.8 Å². The molecule has 0 unspecified atom stereocenters. The van der Waals surface area contributed by atoms with Crippen LogP contribution in [0.3, 0.4) is 0 Å². The van der Waals surface area contributed by atoms with Crippen molar-refractivity contribution in [3.63, 3.8) is 0 Å². The van der Waals surface area contributed by atoms with E-state index in [0.29, 0.717) is 52.0 Å². The molecule has 0 aliphatic rings. The van der Waals surface area contributed by atoms with Crippen LogP contribution in [0.5, 0.6) is 34.5 Å². The van der Waals surface area contributed by atoms with Crippen molar-refractivity contribution in [1.29, 1.82) is 0 Å². The molecule has 10 aromatic rings. The Labute approximate surface area is 432 Å². The van der Waals surface area contributed by atoms with Crippen LogP contribution in [-0.2, 0) is 0 Å². The van der Waals surface area contributed by atoms with Gasteiger partial charge in [-0.15, -0.1) is 0 Å². The molecule has 4 aromatic heterocycles. The van der Waals surface area contributed by atoms with Crippen molar-refractivity contribution in [2.75, 3.05) is 42.7 Å². The lowest BCUT2D eigenvalue weighted by atomic mass is 10.1. The van der Waals surface area contributed by atoms with Crippen LogP contribution in [-0.4, -0.2) is 87.5 Å². The van der Waals surface area contributed by atoms with E-state index in [2.05, 4.69) is 29.9 Å². The maximum absolute atomic E-state index is 5.89. The van der Waals surface area contributed by atoms with Gasteiger partial charge >= 0.3 is 0 Å². The number of para-hydroxylation sites is 6. The summed E-state index contributed by atoms with van der Waals surface area (Å²) in [7, 11) is 9.77. The number of imidazole rings is 3. The third kappa shape index (κ3) is 11.1. The Morgan fingerprint density at radius 2 is 0.507 bits per heavy atom. The van der Waals surface area contributed by atoms with Crippen LogP contribution in [0, 0.1) is 0 Å². The lowest BCUT2D eigenvalue weighted by Gasteiger charge is -2.11. The molecule has 0 spiro atoms. The molecule has 0 aliphatic heterocycles. The maximum Gasteiger partial charge on any atom is 0.156 e. The fraction of sp³-hybridized carbons (Fsp3) is 0.100. The standard InChI is InChI=1S/C60H51N9O6/c1-70-49-34-40(52(73-4)31-37(49)19-25-55-61-43-13-7-8-14-44(43)62-55)22-28-58-67-59(29-23-41-35-50(71-2)38(32-53(41)74-5)20-26-56-63-45-15-9-10-16-46(45)64-56)69-60(68-58)30-24-42-36-51(72-3)39(33-54(42)75-6)21-27-57-65-47-17-11-12-18-48(47)66-57/h7-36H,1-6H3,(H,61,62)(H,63,64)(H,65,66)/b25-19+,26-20+,27-21+,28-22+,29-23+,30-24+. The Balaban J connectivity index is 0.981. The van der Waals surface area contributed by atoms with Gasteiger partial charge < -0.3 is 43.4 Å². The minimum Gasteiger partial charge on any atom is -0.496 e. The number of hydrogen-bond acceptors (Lipinski definition) is 12. The first-order valence-electron chi connectivity index (χ1n) is 23.8. The predicted octanol–water partition coefficient (Wildman–Crippen LogP) is 12.6. The van der Waals surface area contributed by atoms with Crippen LogP contribution >= 0.6 is 0 Å². The first kappa shape index (κ1) is 48.6. The molecule has 75 heavy (non-hydrogen) atoms. The Kier molecular flexibility index (Phi) is 14.4. The van der Waals surface area contributed by atoms with Crippen molar-refractivity contribution in [2.45, 2.75) is 0 Å². The number of H-pyrrole nitrogens is 3. The molecule has 15 nitrogen and oxygen atoms in total. The summed E-state index contributed by atoms with van der Waals surface area (Å²) in [6.45, 7) is 0. The summed E-state index contributed by atoms with van der Waals surface area (Å²) < 4.78 is 35.3. The summed E-state index contributed by atoms with van der Waals surface area (Å²) in [5.74, 6) is 7.02. The van der Waals surface area contributed by atoms with Crippen molar-refractivity contribution >= 4 is 106 Å². The number of nitrogens with one attached hydrogen (secondary N) is 3. The first-order valence-corrected chi connectivity index (χ1v) is 23.8. The molecule has 0 amide bonds. The third-order valence-electron chi connectivity index (χ3n) is 12.2. The molecule has 0 radical (unpaired) electrons. The molecule has 0 fully saturated rings. The van der Waals surface area contributed by atoms with Gasteiger partial charge in [-0.1, -0.05) is 36.4 Å². The fourth-order valence-electron chi connectivity index (χ4n) is 8.42. The Hall–Kier alpha value is -10.0. The summed E-state index contributed by atoms with van der Waals surface area (Å²) in [6, 6.07) is 35.1. The number of nitrogens with zero attached hydrogens (tertiary/aromatic N) is 6. The highest BCUT2D eigenvalue weighted by molar-refractivity contribution is 5.85. The molecule has 0 saturated heterocycles. The molecule has 0 saturated carbocycles. The highest BCUT2D eigenvalue weighted by Gasteiger charge is 2.14. The molecule has 15 heteroatoms. The van der Waals surface area contributed by atoms with Crippen LogP contribution in [0.4, 0.5) is 0 Å². The van der Waals surface area contributed by atoms with Gasteiger partial charge in [-0.3, -0.25) is 0 Å². The van der Waals surface area contributed by atoms with E-state index in [4.69, 9.17) is 43.4 Å². The second kappa shape index (κ2) is 22.2. The summed E-state index contributed by atoms with van der Waals surface area (Å²) in [5.41, 5.74) is 10.1. The molecule has 0 bridgehead atoms. The van der Waals surface area contributed by atoms with Gasteiger partial charge in [0, 0.05) is 33.4 Å². The Morgan fingerprint density at radius 3 is 0.733 bits per heavy atom. The first-order chi connectivity index (χ1) is 36.8. The molecule has 4 heterocycles. The van der Waals surface area contributed by atoms with Gasteiger partial charge in [-0.2, -0.15) is 0 Å². The van der Waals surface area contributed by atoms with Crippen molar-refractivity contribution < 1.29 is 28.4 Å². The van der Waals surface area contributed by atoms with E-state index < -0.39 is 0 Å². The molecule has 0 aliphatic carbocycles. The number of aromatic amines is 3. The van der Waals surface area contributed by atoms with Crippen LogP contribution in [0.1, 0.15) is 68.3 Å². The second-order valence-electron chi connectivity index (χ2n) is 16.8. The average Bonchev–Trinajstić information content (AvgIpc) is 4.20. The minimum atomic E-state index is 0.380. The average molecular weight is 994 g/mol. The van der Waals surface area contributed by atoms with Crippen molar-refractivity contribution in [3.05, 3.63) is 178 Å². The van der Waals surface area contributed by atoms with Crippen molar-refractivity contribution in [1.82, 2.24) is 44.9 Å². The van der Waals surface area contributed by atoms with E-state index in [9.17, 15) is 0 Å². The zero-order valence-corrected chi connectivity index (χ0v) is 42.0. The predicted molar refractivity (Wildman–Crippen MR) is 300 cm³/mol. The zero-order chi connectivity index (χ0) is 51.7. The molecule has 372 valence electrons. The summed E-state index contributed by atoms with van der Waals surface area (Å²) >= 11 is 0. The third-order valence-corrected chi connectivity index (χ3v) is 12.2. The molecule has 3 N–H and O–H groups in total. The largest absolute Gasteiger partial charge is 0.496 e. The van der Waals surface area contributed by atoms with Gasteiger partial charge in [-0.25, -0.2) is 29.9 Å². The van der Waals surface area contributed by atoms with E-state index in [-0.39, 0.29) is 0 Å². The topological polar surface area (TPSA) is 180 Å². The molecular formula is C60H51N9O6. The summed E-state index contributed by atoms with van der Waals surface area (Å²) in [6.07, 6.45) is 22.6. The molecule has 10 rings (SSSR count). The van der Waals surface area contributed by atoms with E-state index in [0.717, 1.165) is 84.0 Å². The van der Waals surface area contributed by atoms with Gasteiger partial charge in [-0.05, 0) is 146 Å². The van der Waals surface area contributed by atoms with Crippen molar-refractivity contribution in [2.24, 2.45) is 0 Å².